The number of nitrogens with two attached hydrogens (primary N) is 1. The number of rotatable bonds is 5. The zero-order valence-electron chi connectivity index (χ0n) is 16.2. The number of aliphatic imine (C=N–C) groups is 1. The van der Waals surface area contributed by atoms with Gasteiger partial charge in [-0.25, -0.2) is 4.98 Å². The Kier molecular flexibility index (Phi) is 7.89. The highest BCUT2D eigenvalue weighted by Gasteiger charge is 2.20. The molecule has 2 aliphatic rings. The van der Waals surface area contributed by atoms with E-state index in [0.717, 1.165) is 75.3 Å². The summed E-state index contributed by atoms with van der Waals surface area (Å²) in [5, 5.41) is 11.9. The Labute approximate surface area is 187 Å². The van der Waals surface area contributed by atoms with Gasteiger partial charge in [0.25, 0.3) is 0 Å². The largest absolute Gasteiger partial charge is 0.370 e. The predicted octanol–water partition coefficient (Wildman–Crippen LogP) is 2.15. The van der Waals surface area contributed by atoms with Crippen LogP contribution in [0.1, 0.15) is 37.3 Å². The fourth-order valence-electron chi connectivity index (χ4n) is 3.76. The molecular weight excluding hydrogens is 487 g/mol. The summed E-state index contributed by atoms with van der Waals surface area (Å²) < 4.78 is 2.32. The van der Waals surface area contributed by atoms with Crippen LogP contribution < -0.4 is 10.6 Å². The molecule has 10 heteroatoms. The van der Waals surface area contributed by atoms with E-state index >= 15 is 0 Å². The van der Waals surface area contributed by atoms with Crippen LogP contribution in [0.5, 0.6) is 0 Å². The maximum atomic E-state index is 6.21. The number of fused-ring (bicyclic) bond motifs is 1. The molecule has 1 saturated heterocycles. The summed E-state index contributed by atoms with van der Waals surface area (Å²) in [7, 11) is 0. The van der Waals surface area contributed by atoms with Crippen LogP contribution in [0.15, 0.2) is 16.6 Å². The molecule has 0 radical (unpaired) electrons. The molecule has 0 aliphatic carbocycles. The third-order valence-electron chi connectivity index (χ3n) is 5.31. The topological polar surface area (TPSA) is 88.5 Å². The van der Waals surface area contributed by atoms with Gasteiger partial charge in [0, 0.05) is 63.7 Å². The maximum Gasteiger partial charge on any atom is 0.191 e. The zero-order valence-corrected chi connectivity index (χ0v) is 19.3. The van der Waals surface area contributed by atoms with Gasteiger partial charge in [-0.2, -0.15) is 0 Å². The third-order valence-corrected chi connectivity index (χ3v) is 6.14. The summed E-state index contributed by atoms with van der Waals surface area (Å²) >= 11 is 1.69. The van der Waals surface area contributed by atoms with E-state index in [1.165, 1.54) is 19.3 Å². The molecule has 28 heavy (non-hydrogen) atoms. The van der Waals surface area contributed by atoms with Crippen molar-refractivity contribution >= 4 is 46.4 Å². The highest BCUT2D eigenvalue weighted by Crippen LogP contribution is 2.19. The third kappa shape index (κ3) is 5.13. The summed E-state index contributed by atoms with van der Waals surface area (Å²) in [5.74, 6) is 2.93. The number of aromatic nitrogens is 4. The smallest absolute Gasteiger partial charge is 0.191 e. The molecule has 4 heterocycles. The molecule has 0 spiro atoms. The van der Waals surface area contributed by atoms with Crippen LogP contribution in [0.3, 0.4) is 0 Å². The number of anilines is 1. The number of guanidine groups is 1. The molecule has 0 bridgehead atoms. The van der Waals surface area contributed by atoms with Crippen LogP contribution >= 0.6 is 35.3 Å². The number of hydrogen-bond donors (Lipinski definition) is 1. The highest BCUT2D eigenvalue weighted by atomic mass is 127. The molecule has 0 saturated carbocycles. The van der Waals surface area contributed by atoms with Crippen molar-refractivity contribution in [1.82, 2.24) is 24.6 Å². The second kappa shape index (κ2) is 10.4. The lowest BCUT2D eigenvalue weighted by molar-refractivity contribution is 0.380. The second-order valence-electron chi connectivity index (χ2n) is 7.13. The average Bonchev–Trinajstić information content (AvgIpc) is 3.31. The van der Waals surface area contributed by atoms with Gasteiger partial charge in [-0.15, -0.1) is 45.5 Å². The van der Waals surface area contributed by atoms with Crippen molar-refractivity contribution in [2.75, 3.05) is 37.6 Å². The standard InChI is InChI=1S/C18H28N8S.HI/c19-17(24-10-12-25(13-11-24)18-21-8-14-27-18)20-7-4-6-16-23-22-15-5-2-1-3-9-26(15)16;/h8,14H,1-7,9-13H2,(H2,19,20);1H. The van der Waals surface area contributed by atoms with Crippen molar-refractivity contribution in [1.29, 1.82) is 0 Å². The van der Waals surface area contributed by atoms with Gasteiger partial charge in [-0.05, 0) is 19.3 Å². The van der Waals surface area contributed by atoms with Gasteiger partial charge in [0.05, 0.1) is 0 Å². The Balaban J connectivity index is 0.00000225. The zero-order chi connectivity index (χ0) is 18.5. The van der Waals surface area contributed by atoms with Crippen LogP contribution in [0.2, 0.25) is 0 Å². The Morgan fingerprint density at radius 1 is 1.11 bits per heavy atom. The Morgan fingerprint density at radius 2 is 1.96 bits per heavy atom. The first-order valence-electron chi connectivity index (χ1n) is 9.91. The van der Waals surface area contributed by atoms with Crippen molar-refractivity contribution < 1.29 is 0 Å². The van der Waals surface area contributed by atoms with Gasteiger partial charge >= 0.3 is 0 Å². The van der Waals surface area contributed by atoms with Crippen molar-refractivity contribution in [3.05, 3.63) is 23.2 Å². The van der Waals surface area contributed by atoms with E-state index in [2.05, 4.69) is 34.5 Å². The first-order chi connectivity index (χ1) is 13.3. The molecule has 0 unspecified atom stereocenters. The molecule has 0 aromatic carbocycles. The minimum absolute atomic E-state index is 0. The number of nitrogens with zero attached hydrogens (tertiary/aromatic N) is 7. The SMILES string of the molecule is I.NC(=NCCCc1nnc2n1CCCCC2)N1CCN(c2nccs2)CC1. The predicted molar refractivity (Wildman–Crippen MR) is 124 cm³/mol. The molecule has 2 aromatic heterocycles. The number of aryl methyl sites for hydroxylation is 2. The fourth-order valence-corrected chi connectivity index (χ4v) is 4.46. The second-order valence-corrected chi connectivity index (χ2v) is 8.00. The monoisotopic (exact) mass is 516 g/mol. The van der Waals surface area contributed by atoms with Crippen molar-refractivity contribution in [3.63, 3.8) is 0 Å². The molecule has 2 aliphatic heterocycles. The summed E-state index contributed by atoms with van der Waals surface area (Å²) in [6.07, 6.45) is 8.55. The molecule has 0 atom stereocenters. The van der Waals surface area contributed by atoms with E-state index in [1.54, 1.807) is 11.3 Å². The summed E-state index contributed by atoms with van der Waals surface area (Å²) in [6.45, 7) is 5.47. The van der Waals surface area contributed by atoms with Gasteiger partial charge in [0.1, 0.15) is 11.6 Å². The Morgan fingerprint density at radius 3 is 2.75 bits per heavy atom. The molecular formula is C18H29IN8S. The van der Waals surface area contributed by atoms with E-state index in [9.17, 15) is 0 Å². The lowest BCUT2D eigenvalue weighted by atomic mass is 10.2. The van der Waals surface area contributed by atoms with Crippen LogP contribution in [-0.4, -0.2) is 63.3 Å². The summed E-state index contributed by atoms with van der Waals surface area (Å²) in [5.41, 5.74) is 6.21. The van der Waals surface area contributed by atoms with Crippen LogP contribution in [0, 0.1) is 0 Å². The maximum absolute atomic E-state index is 6.21. The van der Waals surface area contributed by atoms with Crippen molar-refractivity contribution in [2.45, 2.75) is 45.1 Å². The molecule has 4 rings (SSSR count). The first kappa shape index (κ1) is 21.3. The van der Waals surface area contributed by atoms with Crippen molar-refractivity contribution in [3.8, 4) is 0 Å². The molecule has 8 nitrogen and oxygen atoms in total. The fraction of sp³-hybridized carbons (Fsp3) is 0.667. The van der Waals surface area contributed by atoms with Gasteiger partial charge in [-0.3, -0.25) is 4.99 Å². The van der Waals surface area contributed by atoms with Crippen LogP contribution in [-0.2, 0) is 19.4 Å². The van der Waals surface area contributed by atoms with Gasteiger partial charge in [0.2, 0.25) is 0 Å². The number of piperazine rings is 1. The van der Waals surface area contributed by atoms with Gasteiger partial charge in [-0.1, -0.05) is 6.42 Å². The Hall–Kier alpha value is -1.43. The van der Waals surface area contributed by atoms with E-state index < -0.39 is 0 Å². The minimum Gasteiger partial charge on any atom is -0.370 e. The first-order valence-corrected chi connectivity index (χ1v) is 10.8. The summed E-state index contributed by atoms with van der Waals surface area (Å²) in [6, 6.07) is 0. The van der Waals surface area contributed by atoms with Crippen LogP contribution in [0.25, 0.3) is 0 Å². The Bertz CT molecular complexity index is 752. The van der Waals surface area contributed by atoms with E-state index in [1.807, 2.05) is 11.6 Å². The molecule has 2 N–H and O–H groups in total. The van der Waals surface area contributed by atoms with Gasteiger partial charge < -0.3 is 20.1 Å². The molecule has 154 valence electrons. The molecule has 2 aromatic rings. The van der Waals surface area contributed by atoms with E-state index in [-0.39, 0.29) is 24.0 Å². The van der Waals surface area contributed by atoms with E-state index in [0.29, 0.717) is 5.96 Å². The quantitative estimate of drug-likeness (QED) is 0.284. The average molecular weight is 516 g/mol. The number of hydrogen-bond acceptors (Lipinski definition) is 6. The summed E-state index contributed by atoms with van der Waals surface area (Å²) in [4.78, 5) is 13.5. The van der Waals surface area contributed by atoms with E-state index in [4.69, 9.17) is 5.73 Å². The lowest BCUT2D eigenvalue weighted by Crippen LogP contribution is -2.51. The normalized spacial score (nSPS) is 17.8. The number of thiazole rings is 1. The van der Waals surface area contributed by atoms with Crippen molar-refractivity contribution in [2.24, 2.45) is 10.7 Å². The lowest BCUT2D eigenvalue weighted by Gasteiger charge is -2.35. The molecule has 0 amide bonds. The number of halogens is 1. The molecule has 1 fully saturated rings. The van der Waals surface area contributed by atoms with Crippen LogP contribution in [0.4, 0.5) is 5.13 Å². The van der Waals surface area contributed by atoms with Gasteiger partial charge in [0.15, 0.2) is 11.1 Å². The minimum atomic E-state index is 0. The highest BCUT2D eigenvalue weighted by molar-refractivity contribution is 14.0.